The van der Waals surface area contributed by atoms with Crippen molar-refractivity contribution in [3.05, 3.63) is 107 Å². The fraction of sp³-hybridized carbons (Fsp3) is 0.212. The summed E-state index contributed by atoms with van der Waals surface area (Å²) in [5.74, 6) is 0.430. The van der Waals surface area contributed by atoms with Gasteiger partial charge in [-0.1, -0.05) is 0 Å². The van der Waals surface area contributed by atoms with Crippen molar-refractivity contribution in [3.8, 4) is 22.3 Å². The van der Waals surface area contributed by atoms with Crippen LogP contribution in [0.4, 0.5) is 0 Å². The third-order valence-electron chi connectivity index (χ3n) is 8.34. The Balaban J connectivity index is 1.55. The van der Waals surface area contributed by atoms with Gasteiger partial charge in [-0.3, -0.25) is 0 Å². The number of allylic oxidation sites excluding steroid dienone is 1. The molecular formula is C33H32Cl2SiZr. The van der Waals surface area contributed by atoms with Crippen molar-refractivity contribution < 1.29 is 17.9 Å². The molecule has 1 unspecified atom stereocenters. The first-order valence-electron chi connectivity index (χ1n) is 13.3. The predicted molar refractivity (Wildman–Crippen MR) is 163 cm³/mol. The van der Waals surface area contributed by atoms with Crippen LogP contribution >= 0.6 is 17.0 Å². The van der Waals surface area contributed by atoms with Gasteiger partial charge in [0.1, 0.15) is 0 Å². The minimum atomic E-state index is -3.92. The van der Waals surface area contributed by atoms with Gasteiger partial charge in [0.05, 0.1) is 0 Å². The number of fused-ring (bicyclic) bond motifs is 4. The van der Waals surface area contributed by atoms with E-state index in [0.29, 0.717) is 5.92 Å². The van der Waals surface area contributed by atoms with Crippen molar-refractivity contribution in [3.63, 3.8) is 0 Å². The van der Waals surface area contributed by atoms with Crippen LogP contribution in [-0.4, -0.2) is 9.52 Å². The van der Waals surface area contributed by atoms with E-state index in [9.17, 15) is 0 Å². The zero-order valence-corrected chi connectivity index (χ0v) is 27.3. The van der Waals surface area contributed by atoms with Crippen LogP contribution in [0.2, 0.25) is 0 Å². The summed E-state index contributed by atoms with van der Waals surface area (Å²) >= 11 is -3.92. The second-order valence-electron chi connectivity index (χ2n) is 10.8. The van der Waals surface area contributed by atoms with Gasteiger partial charge in [-0.05, 0) is 0 Å². The molecular weight excluding hydrogens is 587 g/mol. The van der Waals surface area contributed by atoms with Crippen LogP contribution in [-0.2, 0) is 17.9 Å². The van der Waals surface area contributed by atoms with Gasteiger partial charge >= 0.3 is 237 Å². The average molecular weight is 619 g/mol. The third kappa shape index (κ3) is 4.11. The van der Waals surface area contributed by atoms with Gasteiger partial charge in [0.25, 0.3) is 0 Å². The predicted octanol–water partition coefficient (Wildman–Crippen LogP) is 7.52. The number of rotatable bonds is 5. The summed E-state index contributed by atoms with van der Waals surface area (Å²) in [5.41, 5.74) is 12.3. The van der Waals surface area contributed by atoms with Gasteiger partial charge in [-0.25, -0.2) is 0 Å². The van der Waals surface area contributed by atoms with E-state index in [4.69, 9.17) is 17.0 Å². The summed E-state index contributed by atoms with van der Waals surface area (Å²) in [6.07, 6.45) is 3.41. The number of benzene rings is 4. The van der Waals surface area contributed by atoms with E-state index in [1.165, 1.54) is 63.7 Å². The standard InChI is InChI=1S/C21H23.C12H9Si.2ClH.Zr/c1-5-16-12-17-10-11-18(14(2)3)21(20(17)13-16)19-9-7-6-8-15(19)4;1-3-7-11-9(5-1)10-6-2-4-8-12(10)13-11;;;/h6-14H,5H2,1-4H3;1-7H,13H2;2*1H;/q;;;;+2/p-2. The molecule has 2 aliphatic rings. The first-order valence-corrected chi connectivity index (χ1v) is 23.7. The molecule has 0 saturated heterocycles. The molecule has 1 atom stereocenters. The van der Waals surface area contributed by atoms with Gasteiger partial charge in [-0.15, -0.1) is 0 Å². The monoisotopic (exact) mass is 616 g/mol. The Morgan fingerprint density at radius 1 is 0.838 bits per heavy atom. The molecule has 0 saturated carbocycles. The Morgan fingerprint density at radius 2 is 1.54 bits per heavy atom. The molecule has 0 spiro atoms. The molecule has 1 aliphatic heterocycles. The first kappa shape index (κ1) is 25.6. The molecule has 0 N–H and O–H groups in total. The van der Waals surface area contributed by atoms with E-state index in [-0.39, 0.29) is 3.63 Å². The molecule has 0 radical (unpaired) electrons. The maximum absolute atomic E-state index is 7.78. The molecule has 0 nitrogen and oxygen atoms in total. The van der Waals surface area contributed by atoms with Crippen LogP contribution in [0.5, 0.6) is 0 Å². The Kier molecular flexibility index (Phi) is 6.77. The Morgan fingerprint density at radius 3 is 2.27 bits per heavy atom. The van der Waals surface area contributed by atoms with E-state index in [1.54, 1.807) is 0 Å². The van der Waals surface area contributed by atoms with Crippen molar-refractivity contribution in [1.29, 1.82) is 0 Å². The number of aryl methyl sites for hydroxylation is 1. The molecule has 6 rings (SSSR count). The van der Waals surface area contributed by atoms with Crippen molar-refractivity contribution in [2.24, 2.45) is 0 Å². The van der Waals surface area contributed by atoms with Gasteiger partial charge in [0.2, 0.25) is 0 Å². The van der Waals surface area contributed by atoms with Gasteiger partial charge in [0.15, 0.2) is 0 Å². The number of halogens is 2. The summed E-state index contributed by atoms with van der Waals surface area (Å²) < 4.78 is 1.44. The fourth-order valence-corrected chi connectivity index (χ4v) is 23.5. The fourth-order valence-electron chi connectivity index (χ4n) is 6.52. The minimum absolute atomic E-state index is 0.130. The van der Waals surface area contributed by atoms with E-state index in [1.807, 2.05) is 0 Å². The van der Waals surface area contributed by atoms with E-state index < -0.39 is 27.4 Å². The van der Waals surface area contributed by atoms with Crippen molar-refractivity contribution in [2.45, 2.75) is 43.7 Å². The Labute approximate surface area is 235 Å². The van der Waals surface area contributed by atoms with E-state index in [0.717, 1.165) is 6.42 Å². The van der Waals surface area contributed by atoms with Crippen molar-refractivity contribution >= 4 is 46.3 Å². The van der Waals surface area contributed by atoms with E-state index >= 15 is 0 Å². The Hall–Kier alpha value is -1.70. The molecule has 186 valence electrons. The SMILES string of the molecule is CCC1=Cc2c(ccc(C(C)C)c2-c2ccccc2C)[CH]1[Zr]([Cl])([Cl])[c]1cccc2c1[SiH2]c1ccccc1-2. The van der Waals surface area contributed by atoms with Gasteiger partial charge in [0, 0.05) is 0 Å². The second-order valence-corrected chi connectivity index (χ2v) is 26.6. The summed E-state index contributed by atoms with van der Waals surface area (Å²) in [7, 11) is 15.0. The summed E-state index contributed by atoms with van der Waals surface area (Å²) in [5, 5.41) is 3.01. The van der Waals surface area contributed by atoms with Crippen LogP contribution in [0, 0.1) is 6.92 Å². The molecule has 0 bridgehead atoms. The van der Waals surface area contributed by atoms with Crippen LogP contribution < -0.4 is 13.6 Å². The second kappa shape index (κ2) is 9.80. The summed E-state index contributed by atoms with van der Waals surface area (Å²) in [6.45, 7) is 9.07. The molecule has 1 aliphatic carbocycles. The molecule has 4 aromatic carbocycles. The maximum atomic E-state index is 7.78. The Bertz CT molecular complexity index is 1570. The van der Waals surface area contributed by atoms with Crippen molar-refractivity contribution in [1.82, 2.24) is 0 Å². The normalized spacial score (nSPS) is 16.6. The number of hydrogen-bond acceptors (Lipinski definition) is 0. The average Bonchev–Trinajstić information content (AvgIpc) is 3.47. The molecule has 0 amide bonds. The van der Waals surface area contributed by atoms with Crippen LogP contribution in [0.15, 0.2) is 84.4 Å². The van der Waals surface area contributed by atoms with Gasteiger partial charge < -0.3 is 0 Å². The number of hydrogen-bond donors (Lipinski definition) is 0. The molecule has 4 aromatic rings. The van der Waals surface area contributed by atoms with Gasteiger partial charge in [-0.2, -0.15) is 0 Å². The molecule has 0 aromatic heterocycles. The molecule has 4 heteroatoms. The molecule has 1 heterocycles. The zero-order valence-electron chi connectivity index (χ0n) is 21.9. The van der Waals surface area contributed by atoms with Crippen LogP contribution in [0.1, 0.15) is 59.0 Å². The third-order valence-corrected chi connectivity index (χ3v) is 22.7. The van der Waals surface area contributed by atoms with E-state index in [2.05, 4.69) is 113 Å². The molecule has 0 fully saturated rings. The van der Waals surface area contributed by atoms with Crippen LogP contribution in [0.25, 0.3) is 28.3 Å². The zero-order chi connectivity index (χ0) is 25.9. The topological polar surface area (TPSA) is 0 Å². The quantitative estimate of drug-likeness (QED) is 0.179. The first-order chi connectivity index (χ1) is 17.8. The summed E-state index contributed by atoms with van der Waals surface area (Å²) in [6, 6.07) is 29.1. The van der Waals surface area contributed by atoms with Crippen molar-refractivity contribution in [2.75, 3.05) is 0 Å². The van der Waals surface area contributed by atoms with Crippen LogP contribution in [0.3, 0.4) is 0 Å². The molecule has 37 heavy (non-hydrogen) atoms. The summed E-state index contributed by atoms with van der Waals surface area (Å²) in [4.78, 5) is 0.